The van der Waals surface area contributed by atoms with Crippen LogP contribution in [0.2, 0.25) is 0 Å². The predicted octanol–water partition coefficient (Wildman–Crippen LogP) is 2.21. The summed E-state index contributed by atoms with van der Waals surface area (Å²) in [5.74, 6) is 1.84. The fraction of sp³-hybridized carbons (Fsp3) is 0.412. The monoisotopic (exact) mass is 336 g/mol. The Balaban J connectivity index is 1.69. The third-order valence-corrected chi connectivity index (χ3v) is 4.32. The molecule has 0 aromatic carbocycles. The van der Waals surface area contributed by atoms with Gasteiger partial charge in [0.15, 0.2) is 0 Å². The second-order valence-corrected chi connectivity index (χ2v) is 7.25. The van der Waals surface area contributed by atoms with Crippen LogP contribution in [0.4, 0.5) is 0 Å². The van der Waals surface area contributed by atoms with E-state index in [2.05, 4.69) is 58.2 Å². The number of hydrogen-bond donors (Lipinski definition) is 0. The Morgan fingerprint density at radius 2 is 2.00 bits per heavy atom. The molecular weight excluding hydrogens is 316 g/mol. The molecule has 0 spiro atoms. The van der Waals surface area contributed by atoms with E-state index in [0.717, 1.165) is 22.7 Å². The zero-order valence-electron chi connectivity index (χ0n) is 14.7. The molecule has 0 radical (unpaired) electrons. The van der Waals surface area contributed by atoms with Gasteiger partial charge in [-0.25, -0.2) is 9.97 Å². The van der Waals surface area contributed by atoms with E-state index in [1.54, 1.807) is 10.7 Å². The van der Waals surface area contributed by atoms with Gasteiger partial charge >= 0.3 is 0 Å². The Morgan fingerprint density at radius 1 is 1.16 bits per heavy atom. The van der Waals surface area contributed by atoms with Crippen molar-refractivity contribution in [2.45, 2.75) is 45.4 Å². The Bertz CT molecular complexity index is 1040. The third-order valence-electron chi connectivity index (χ3n) is 4.32. The summed E-state index contributed by atoms with van der Waals surface area (Å²) in [4.78, 5) is 9.04. The Kier molecular flexibility index (Phi) is 3.48. The molecule has 0 N–H and O–H groups in total. The van der Waals surface area contributed by atoms with E-state index < -0.39 is 0 Å². The first-order chi connectivity index (χ1) is 11.9. The lowest BCUT2D eigenvalue weighted by Crippen LogP contribution is -2.25. The van der Waals surface area contributed by atoms with Crippen LogP contribution in [0, 0.1) is 0 Å². The van der Waals surface area contributed by atoms with Gasteiger partial charge in [-0.1, -0.05) is 32.9 Å². The van der Waals surface area contributed by atoms with Crippen LogP contribution in [0.3, 0.4) is 0 Å². The van der Waals surface area contributed by atoms with Crippen molar-refractivity contribution in [3.8, 4) is 0 Å². The molecule has 4 aromatic heterocycles. The molecule has 0 atom stereocenters. The molecule has 8 heteroatoms. The highest BCUT2D eigenvalue weighted by atomic mass is 15.4. The van der Waals surface area contributed by atoms with Crippen LogP contribution in [0.5, 0.6) is 0 Å². The van der Waals surface area contributed by atoms with Crippen molar-refractivity contribution >= 4 is 11.3 Å². The molecule has 0 bridgehead atoms. The third kappa shape index (κ3) is 2.73. The summed E-state index contributed by atoms with van der Waals surface area (Å²) in [6.45, 7) is 8.47. The maximum Gasteiger partial charge on any atom is 0.253 e. The molecule has 4 heterocycles. The van der Waals surface area contributed by atoms with Gasteiger partial charge in [0.05, 0.1) is 29.3 Å². The lowest BCUT2D eigenvalue weighted by molar-refractivity contribution is 0.463. The summed E-state index contributed by atoms with van der Waals surface area (Å²) >= 11 is 0. The minimum atomic E-state index is -0.272. The Morgan fingerprint density at radius 3 is 2.80 bits per heavy atom. The minimum absolute atomic E-state index is 0.272. The topological polar surface area (TPSA) is 86.2 Å². The first-order valence-electron chi connectivity index (χ1n) is 8.31. The van der Waals surface area contributed by atoms with Crippen molar-refractivity contribution in [3.63, 3.8) is 0 Å². The number of rotatable bonds is 4. The average Bonchev–Trinajstić information content (AvgIpc) is 3.18. The molecule has 128 valence electrons. The summed E-state index contributed by atoms with van der Waals surface area (Å²) < 4.78 is 3.72. The van der Waals surface area contributed by atoms with Gasteiger partial charge in [0.25, 0.3) is 5.78 Å². The Labute approximate surface area is 145 Å². The molecule has 25 heavy (non-hydrogen) atoms. The fourth-order valence-electron chi connectivity index (χ4n) is 2.98. The molecule has 0 aliphatic carbocycles. The van der Waals surface area contributed by atoms with E-state index in [1.165, 1.54) is 0 Å². The predicted molar refractivity (Wildman–Crippen MR) is 92.4 cm³/mol. The smallest absolute Gasteiger partial charge is 0.253 e. The van der Waals surface area contributed by atoms with E-state index in [9.17, 15) is 0 Å². The van der Waals surface area contributed by atoms with Gasteiger partial charge in [0, 0.05) is 24.2 Å². The van der Waals surface area contributed by atoms with Crippen LogP contribution in [0.25, 0.3) is 11.3 Å². The molecule has 0 amide bonds. The van der Waals surface area contributed by atoms with Crippen LogP contribution in [0.15, 0.2) is 30.9 Å². The van der Waals surface area contributed by atoms with E-state index in [4.69, 9.17) is 0 Å². The molecule has 0 aliphatic heterocycles. The molecule has 0 fully saturated rings. The van der Waals surface area contributed by atoms with Gasteiger partial charge in [0.2, 0.25) is 0 Å². The van der Waals surface area contributed by atoms with Gasteiger partial charge in [-0.2, -0.15) is 9.61 Å². The quantitative estimate of drug-likeness (QED) is 0.568. The number of aromatic nitrogens is 8. The summed E-state index contributed by atoms with van der Waals surface area (Å²) in [5.41, 5.74) is 2.55. The highest BCUT2D eigenvalue weighted by Gasteiger charge is 2.28. The minimum Gasteiger partial charge on any atom is -0.288 e. The van der Waals surface area contributed by atoms with Crippen molar-refractivity contribution in [2.24, 2.45) is 0 Å². The molecule has 0 unspecified atom stereocenters. The standard InChI is InChI=1S/C17H20N8/c1-11(2)14-10-24-9-12(21-22-16(24)20-14)7-17(3,4)15-18-8-13-5-6-19-23-25(13)15/h5-6,8-11H,7H2,1-4H3. The molecule has 8 nitrogen and oxygen atoms in total. The van der Waals surface area contributed by atoms with Gasteiger partial charge < -0.3 is 0 Å². The normalized spacial score (nSPS) is 12.5. The lowest BCUT2D eigenvalue weighted by Gasteiger charge is -2.21. The van der Waals surface area contributed by atoms with Crippen molar-refractivity contribution in [1.29, 1.82) is 0 Å². The molecule has 4 rings (SSSR count). The van der Waals surface area contributed by atoms with Crippen molar-refractivity contribution in [2.75, 3.05) is 0 Å². The van der Waals surface area contributed by atoms with E-state index in [0.29, 0.717) is 18.1 Å². The first-order valence-corrected chi connectivity index (χ1v) is 8.31. The number of nitrogens with zero attached hydrogens (tertiary/aromatic N) is 8. The number of fused-ring (bicyclic) bond motifs is 2. The van der Waals surface area contributed by atoms with E-state index in [-0.39, 0.29) is 5.41 Å². The van der Waals surface area contributed by atoms with Crippen LogP contribution >= 0.6 is 0 Å². The summed E-state index contributed by atoms with van der Waals surface area (Å²) in [6.07, 6.45) is 8.16. The lowest BCUT2D eigenvalue weighted by atomic mass is 9.87. The first kappa shape index (κ1) is 15.6. The second-order valence-electron chi connectivity index (χ2n) is 7.25. The molecular formula is C17H20N8. The maximum absolute atomic E-state index is 4.55. The second kappa shape index (κ2) is 5.58. The van der Waals surface area contributed by atoms with E-state index in [1.807, 2.05) is 29.1 Å². The highest BCUT2D eigenvalue weighted by molar-refractivity contribution is 5.44. The largest absolute Gasteiger partial charge is 0.288 e. The summed E-state index contributed by atoms with van der Waals surface area (Å²) in [6, 6.07) is 1.89. The van der Waals surface area contributed by atoms with Crippen molar-refractivity contribution < 1.29 is 0 Å². The zero-order chi connectivity index (χ0) is 17.6. The van der Waals surface area contributed by atoms with Crippen molar-refractivity contribution in [1.82, 2.24) is 39.4 Å². The van der Waals surface area contributed by atoms with Crippen LogP contribution in [-0.2, 0) is 11.8 Å². The molecule has 0 saturated carbocycles. The highest BCUT2D eigenvalue weighted by Crippen LogP contribution is 2.26. The maximum atomic E-state index is 4.55. The molecule has 4 aromatic rings. The van der Waals surface area contributed by atoms with Crippen LogP contribution in [0.1, 0.15) is 50.8 Å². The van der Waals surface area contributed by atoms with Gasteiger partial charge in [-0.15, -0.1) is 10.2 Å². The SMILES string of the molecule is CC(C)c1cn2cc(CC(C)(C)c3ncc4ccnnn34)nnc2n1. The van der Waals surface area contributed by atoms with E-state index >= 15 is 0 Å². The zero-order valence-corrected chi connectivity index (χ0v) is 14.7. The van der Waals surface area contributed by atoms with Gasteiger partial charge in [-0.05, 0) is 12.0 Å². The van der Waals surface area contributed by atoms with Gasteiger partial charge in [-0.3, -0.25) is 4.40 Å². The molecule has 0 saturated heterocycles. The van der Waals surface area contributed by atoms with Crippen LogP contribution in [-0.4, -0.2) is 39.4 Å². The number of hydrogen-bond acceptors (Lipinski definition) is 6. The summed E-state index contributed by atoms with van der Waals surface area (Å²) in [5, 5.41) is 16.7. The number of imidazole rings is 2. The average molecular weight is 336 g/mol. The van der Waals surface area contributed by atoms with Crippen LogP contribution < -0.4 is 0 Å². The summed E-state index contributed by atoms with van der Waals surface area (Å²) in [7, 11) is 0. The Hall–Kier alpha value is -2.90. The van der Waals surface area contributed by atoms with Gasteiger partial charge in [0.1, 0.15) is 5.82 Å². The van der Waals surface area contributed by atoms with Crippen molar-refractivity contribution in [3.05, 3.63) is 48.1 Å². The fourth-order valence-corrected chi connectivity index (χ4v) is 2.98. The molecule has 0 aliphatic rings.